The Hall–Kier alpha value is -4.46. The molecule has 0 bridgehead atoms. The number of nitrogens with zero attached hydrogens (tertiary/aromatic N) is 1. The highest BCUT2D eigenvalue weighted by Crippen LogP contribution is 2.56. The molecule has 4 atom stereocenters. The van der Waals surface area contributed by atoms with Gasteiger partial charge in [-0.05, 0) is 61.9 Å². The fourth-order valence-electron chi connectivity index (χ4n) is 6.82. The molecular weight excluding hydrogens is 510 g/mol. The largest absolute Gasteiger partial charge is 0.508 e. The van der Waals surface area contributed by atoms with Crippen molar-refractivity contribution in [1.82, 2.24) is 4.90 Å². The van der Waals surface area contributed by atoms with Gasteiger partial charge >= 0.3 is 0 Å². The lowest BCUT2D eigenvalue weighted by Gasteiger charge is -2.42. The third kappa shape index (κ3) is 3.97. The molecule has 4 aliphatic rings. The van der Waals surface area contributed by atoms with Crippen molar-refractivity contribution in [1.29, 1.82) is 0 Å². The molecule has 0 radical (unpaired) electrons. The number of hydrogen-bond acceptors (Lipinski definition) is 7. The van der Waals surface area contributed by atoms with Crippen LogP contribution in [0.2, 0.25) is 0 Å². The maximum absolute atomic E-state index is 13.8. The quantitative estimate of drug-likeness (QED) is 0.337. The van der Waals surface area contributed by atoms with E-state index >= 15 is 0 Å². The van der Waals surface area contributed by atoms with Gasteiger partial charge in [-0.15, -0.1) is 0 Å². The molecule has 204 valence electrons. The Balaban J connectivity index is 1.39. The summed E-state index contributed by atoms with van der Waals surface area (Å²) in [5.74, 6) is -2.87. The number of carbonyl (C=O) groups excluding carboxylic acids is 4. The highest BCUT2D eigenvalue weighted by molar-refractivity contribution is 6.23. The van der Waals surface area contributed by atoms with Crippen LogP contribution < -0.4 is 4.74 Å². The number of rotatable bonds is 5. The van der Waals surface area contributed by atoms with Gasteiger partial charge in [0, 0.05) is 40.8 Å². The van der Waals surface area contributed by atoms with E-state index in [1.807, 2.05) is 6.08 Å². The first kappa shape index (κ1) is 25.8. The number of carbonyl (C=O) groups is 4. The second kappa shape index (κ2) is 9.62. The van der Waals surface area contributed by atoms with E-state index in [4.69, 9.17) is 4.74 Å². The molecular formula is C32H29NO7. The molecule has 8 nitrogen and oxygen atoms in total. The summed E-state index contributed by atoms with van der Waals surface area (Å²) in [6.45, 7) is 1.82. The number of fused-ring (bicyclic) bond motifs is 3. The molecule has 6 rings (SSSR count). The Morgan fingerprint density at radius 2 is 1.73 bits per heavy atom. The van der Waals surface area contributed by atoms with Gasteiger partial charge in [0.25, 0.3) is 0 Å². The Morgan fingerprint density at radius 1 is 0.975 bits per heavy atom. The molecule has 2 aromatic rings. The highest BCUT2D eigenvalue weighted by Gasteiger charge is 2.56. The molecule has 2 aromatic carbocycles. The van der Waals surface area contributed by atoms with Crippen molar-refractivity contribution < 1.29 is 34.1 Å². The number of amides is 2. The lowest BCUT2D eigenvalue weighted by molar-refractivity contribution is -0.140. The predicted molar refractivity (Wildman–Crippen MR) is 145 cm³/mol. The maximum Gasteiger partial charge on any atom is 0.233 e. The van der Waals surface area contributed by atoms with Gasteiger partial charge in [0.1, 0.15) is 17.2 Å². The normalized spacial score (nSPS) is 25.8. The maximum atomic E-state index is 13.8. The lowest BCUT2D eigenvalue weighted by atomic mass is 9.59. The van der Waals surface area contributed by atoms with Crippen LogP contribution in [0.15, 0.2) is 76.9 Å². The van der Waals surface area contributed by atoms with Crippen LogP contribution in [0.1, 0.15) is 36.8 Å². The Kier molecular flexibility index (Phi) is 6.21. The number of hydrogen-bond donors (Lipinski definition) is 2. The van der Waals surface area contributed by atoms with E-state index in [0.29, 0.717) is 40.9 Å². The third-order valence-corrected chi connectivity index (χ3v) is 8.76. The first-order valence-corrected chi connectivity index (χ1v) is 13.4. The van der Waals surface area contributed by atoms with E-state index in [0.717, 1.165) is 11.1 Å². The van der Waals surface area contributed by atoms with Crippen molar-refractivity contribution in [3.63, 3.8) is 0 Å². The van der Waals surface area contributed by atoms with Crippen LogP contribution in [0.25, 0.3) is 0 Å². The highest BCUT2D eigenvalue weighted by atomic mass is 16.5. The van der Waals surface area contributed by atoms with Crippen molar-refractivity contribution in [2.75, 3.05) is 13.7 Å². The fraction of sp³-hybridized carbons (Fsp3) is 0.312. The van der Waals surface area contributed by atoms with Crippen LogP contribution in [-0.2, 0) is 25.6 Å². The van der Waals surface area contributed by atoms with Gasteiger partial charge in [-0.2, -0.15) is 0 Å². The minimum atomic E-state index is -0.713. The number of allylic oxidation sites excluding steroid dienone is 6. The first-order chi connectivity index (χ1) is 19.2. The SMILES string of the molecule is COc1ccc([C@H]2C3=CC[C@@H]4C(=O)N(CCc5ccc(O)cc5)C(=O)[C@@H]4[C@@H]3CC3=C2C(=O)C=C(C)C3=O)c(O)c1. The lowest BCUT2D eigenvalue weighted by Crippen LogP contribution is -2.40. The molecule has 0 saturated carbocycles. The number of likely N-dealkylation sites (tertiary alicyclic amines) is 1. The van der Waals surface area contributed by atoms with E-state index in [9.17, 15) is 29.4 Å². The summed E-state index contributed by atoms with van der Waals surface area (Å²) in [7, 11) is 1.49. The number of ether oxygens (including phenoxy) is 1. The summed E-state index contributed by atoms with van der Waals surface area (Å²) in [5, 5.41) is 20.5. The number of imide groups is 1. The van der Waals surface area contributed by atoms with E-state index in [1.54, 1.807) is 43.3 Å². The summed E-state index contributed by atoms with van der Waals surface area (Å²) in [6.07, 6.45) is 4.26. The molecule has 3 aliphatic carbocycles. The average molecular weight is 540 g/mol. The third-order valence-electron chi connectivity index (χ3n) is 8.76. The minimum absolute atomic E-state index is 0.0734. The molecule has 0 spiro atoms. The zero-order valence-electron chi connectivity index (χ0n) is 22.2. The van der Waals surface area contributed by atoms with Crippen LogP contribution in [0.5, 0.6) is 17.2 Å². The van der Waals surface area contributed by atoms with Crippen LogP contribution in [-0.4, -0.2) is 52.1 Å². The van der Waals surface area contributed by atoms with Crippen molar-refractivity contribution in [3.8, 4) is 17.2 Å². The number of ketones is 2. The zero-order chi connectivity index (χ0) is 28.3. The van der Waals surface area contributed by atoms with Gasteiger partial charge in [-0.25, -0.2) is 0 Å². The molecule has 8 heteroatoms. The second-order valence-corrected chi connectivity index (χ2v) is 10.9. The molecule has 2 N–H and O–H groups in total. The standard InChI is InChI=1S/C32H29NO7/c1-16-13-26(36)29-24(30(16)37)15-23-20(27(29)21-8-7-19(40-2)14-25(21)35)9-10-22-28(23)32(39)33(31(22)38)12-11-17-3-5-18(34)6-4-17/h3-9,13-14,22-23,27-28,34-35H,10-12,15H2,1-2H3/t22-,23+,27+,28-/m0/s1. The molecule has 0 unspecified atom stereocenters. The van der Waals surface area contributed by atoms with Crippen LogP contribution in [0.3, 0.4) is 0 Å². The number of benzene rings is 2. The monoisotopic (exact) mass is 539 g/mol. The Labute approximate surface area is 231 Å². The fourth-order valence-corrected chi connectivity index (χ4v) is 6.82. The Morgan fingerprint density at radius 3 is 2.42 bits per heavy atom. The number of phenolic OH excluding ortho intramolecular Hbond substituents is 2. The van der Waals surface area contributed by atoms with Crippen LogP contribution >= 0.6 is 0 Å². The molecule has 0 aromatic heterocycles. The van der Waals surface area contributed by atoms with Gasteiger partial charge in [0.2, 0.25) is 11.8 Å². The smallest absolute Gasteiger partial charge is 0.233 e. The predicted octanol–water partition coefficient (Wildman–Crippen LogP) is 3.78. The summed E-state index contributed by atoms with van der Waals surface area (Å²) in [4.78, 5) is 55.3. The van der Waals surface area contributed by atoms with E-state index in [-0.39, 0.29) is 47.8 Å². The molecule has 40 heavy (non-hydrogen) atoms. The molecule has 1 heterocycles. The number of methoxy groups -OCH3 is 1. The molecule has 1 saturated heterocycles. The van der Waals surface area contributed by atoms with E-state index < -0.39 is 23.7 Å². The van der Waals surface area contributed by atoms with Gasteiger partial charge in [-0.1, -0.05) is 29.8 Å². The number of Topliss-reactive ketones (excluding diaryl/α,β-unsaturated/α-hetero) is 1. The van der Waals surface area contributed by atoms with E-state index in [1.165, 1.54) is 24.2 Å². The molecule has 1 fully saturated rings. The average Bonchev–Trinajstić information content (AvgIpc) is 3.19. The molecule has 1 aliphatic heterocycles. The van der Waals surface area contributed by atoms with Gasteiger partial charge in [-0.3, -0.25) is 24.1 Å². The Bertz CT molecular complexity index is 1560. The van der Waals surface area contributed by atoms with Crippen LogP contribution in [0.4, 0.5) is 0 Å². The summed E-state index contributed by atoms with van der Waals surface area (Å²) < 4.78 is 5.24. The van der Waals surface area contributed by atoms with Crippen LogP contribution in [0, 0.1) is 17.8 Å². The summed E-state index contributed by atoms with van der Waals surface area (Å²) >= 11 is 0. The van der Waals surface area contributed by atoms with Crippen molar-refractivity contribution in [2.24, 2.45) is 17.8 Å². The van der Waals surface area contributed by atoms with Gasteiger partial charge in [0.05, 0.1) is 18.9 Å². The second-order valence-electron chi connectivity index (χ2n) is 10.9. The van der Waals surface area contributed by atoms with Crippen molar-refractivity contribution >= 4 is 23.4 Å². The summed E-state index contributed by atoms with van der Waals surface area (Å²) in [5.41, 5.74) is 3.16. The first-order valence-electron chi connectivity index (χ1n) is 13.4. The number of aromatic hydroxyl groups is 2. The van der Waals surface area contributed by atoms with Crippen molar-refractivity contribution in [2.45, 2.75) is 32.1 Å². The van der Waals surface area contributed by atoms with Gasteiger partial charge in [0.15, 0.2) is 11.6 Å². The zero-order valence-corrected chi connectivity index (χ0v) is 22.2. The molecule has 2 amide bonds. The minimum Gasteiger partial charge on any atom is -0.508 e. The topological polar surface area (TPSA) is 121 Å². The van der Waals surface area contributed by atoms with Crippen molar-refractivity contribution in [3.05, 3.63) is 88.0 Å². The van der Waals surface area contributed by atoms with E-state index in [2.05, 4.69) is 0 Å². The van der Waals surface area contributed by atoms with Gasteiger partial charge < -0.3 is 14.9 Å². The summed E-state index contributed by atoms with van der Waals surface area (Å²) in [6, 6.07) is 11.5. The number of phenols is 2.